The van der Waals surface area contributed by atoms with Crippen LogP contribution in [0.15, 0.2) is 30.3 Å². The number of halogens is 2. The largest absolute Gasteiger partial charge is 0.354 e. The number of pyridine rings is 1. The molecule has 1 atom stereocenters. The summed E-state index contributed by atoms with van der Waals surface area (Å²) in [6, 6.07) is 9.49. The third-order valence-electron chi connectivity index (χ3n) is 7.82. The maximum Gasteiger partial charge on any atom is 0.326 e. The molecule has 0 bridgehead atoms. The van der Waals surface area contributed by atoms with Gasteiger partial charge < -0.3 is 4.90 Å². The highest BCUT2D eigenvalue weighted by molar-refractivity contribution is 7.94. The molecule has 2 aromatic rings. The van der Waals surface area contributed by atoms with Crippen LogP contribution in [0.1, 0.15) is 24.8 Å². The quantitative estimate of drug-likeness (QED) is 0.601. The molecular weight excluding hydrogens is 472 g/mol. The van der Waals surface area contributed by atoms with Gasteiger partial charge in [-0.1, -0.05) is 12.1 Å². The fraction of sp³-hybridized carbons (Fsp3) is 0.560. The Labute approximate surface area is 205 Å². The van der Waals surface area contributed by atoms with Crippen LogP contribution in [-0.4, -0.2) is 70.5 Å². The molecule has 7 nitrogen and oxygen atoms in total. The van der Waals surface area contributed by atoms with Crippen molar-refractivity contribution in [1.82, 2.24) is 9.88 Å². The number of benzene rings is 1. The summed E-state index contributed by atoms with van der Waals surface area (Å²) in [6.07, 6.45) is 2.47. The van der Waals surface area contributed by atoms with E-state index in [1.807, 2.05) is 19.1 Å². The van der Waals surface area contributed by atoms with Crippen LogP contribution in [0.5, 0.6) is 0 Å². The summed E-state index contributed by atoms with van der Waals surface area (Å²) in [5.41, 5.74) is 3.56. The molecule has 1 aromatic heterocycles. The molecule has 35 heavy (non-hydrogen) atoms. The zero-order chi connectivity index (χ0) is 24.5. The fourth-order valence-corrected chi connectivity index (χ4v) is 6.66. The van der Waals surface area contributed by atoms with Crippen molar-refractivity contribution in [3.8, 4) is 11.3 Å². The zero-order valence-corrected chi connectivity index (χ0v) is 20.9. The minimum atomic E-state index is -3.87. The number of hydrogen-bond donors (Lipinski definition) is 0. The van der Waals surface area contributed by atoms with Gasteiger partial charge in [-0.05, 0) is 49.4 Å². The second-order valence-electron chi connectivity index (χ2n) is 10.4. The molecule has 1 unspecified atom stereocenters. The van der Waals surface area contributed by atoms with Crippen LogP contribution in [0.2, 0.25) is 0 Å². The summed E-state index contributed by atoms with van der Waals surface area (Å²) in [4.78, 5) is 9.83. The predicted molar refractivity (Wildman–Crippen MR) is 134 cm³/mol. The summed E-state index contributed by atoms with van der Waals surface area (Å²) in [5.74, 6) is -1.89. The first-order chi connectivity index (χ1) is 16.6. The zero-order valence-electron chi connectivity index (χ0n) is 20.1. The molecule has 0 spiro atoms. The molecule has 2 aliphatic carbocycles. The van der Waals surface area contributed by atoms with Crippen molar-refractivity contribution in [3.63, 3.8) is 0 Å². The number of piperazine rings is 1. The van der Waals surface area contributed by atoms with Gasteiger partial charge in [-0.2, -0.15) is 8.42 Å². The lowest BCUT2D eigenvalue weighted by atomic mass is 10.0. The van der Waals surface area contributed by atoms with Gasteiger partial charge in [0.2, 0.25) is 0 Å². The van der Waals surface area contributed by atoms with Crippen LogP contribution in [0.3, 0.4) is 0 Å². The van der Waals surface area contributed by atoms with Crippen LogP contribution in [0.4, 0.5) is 26.0 Å². The number of hydrogen-bond acceptors (Lipinski definition) is 5. The highest BCUT2D eigenvalue weighted by Gasteiger charge is 2.59. The molecule has 1 saturated heterocycles. The number of nitrogens with zero attached hydrogens (tertiary/aromatic N) is 5. The van der Waals surface area contributed by atoms with Crippen LogP contribution >= 0.6 is 0 Å². The summed E-state index contributed by atoms with van der Waals surface area (Å²) >= 11 is 0. The first-order valence-electron chi connectivity index (χ1n) is 12.4. The average molecular weight is 504 g/mol. The topological polar surface area (TPSA) is 60.0 Å². The molecular formula is C25H31F2N5O2S. The predicted octanol–water partition coefficient (Wildman–Crippen LogP) is 3.75. The van der Waals surface area contributed by atoms with E-state index in [-0.39, 0.29) is 13.0 Å². The Kier molecular flexibility index (Phi) is 5.27. The van der Waals surface area contributed by atoms with E-state index in [2.05, 4.69) is 21.9 Å². The third kappa shape index (κ3) is 4.14. The lowest BCUT2D eigenvalue weighted by Gasteiger charge is -2.35. The van der Waals surface area contributed by atoms with Gasteiger partial charge >= 0.3 is 10.2 Å². The van der Waals surface area contributed by atoms with Crippen LogP contribution < -0.4 is 13.5 Å². The lowest BCUT2D eigenvalue weighted by Crippen LogP contribution is -2.47. The number of aryl methyl sites for hydroxylation is 1. The van der Waals surface area contributed by atoms with E-state index in [0.717, 1.165) is 59.0 Å². The molecule has 4 aliphatic rings. The second-order valence-corrected chi connectivity index (χ2v) is 12.3. The van der Waals surface area contributed by atoms with Crippen LogP contribution in [0.25, 0.3) is 11.3 Å². The lowest BCUT2D eigenvalue weighted by molar-refractivity contribution is 0.101. The minimum Gasteiger partial charge on any atom is -0.354 e. The smallest absolute Gasteiger partial charge is 0.326 e. The molecule has 2 aliphatic heterocycles. The van der Waals surface area contributed by atoms with Crippen molar-refractivity contribution in [1.29, 1.82) is 0 Å². The first kappa shape index (κ1) is 23.0. The monoisotopic (exact) mass is 503 g/mol. The molecule has 10 heteroatoms. The molecule has 0 radical (unpaired) electrons. The SMILES string of the molecule is Cc1ccc(N2CCN(CC3CC3)CC2)nc1-c1ccc2c(c1)N(C)S(=O)(=O)N2CC1CC1(F)F. The van der Waals surface area contributed by atoms with Crippen molar-refractivity contribution < 1.29 is 17.2 Å². The number of alkyl halides is 2. The Morgan fingerprint density at radius 3 is 2.40 bits per heavy atom. The van der Waals surface area contributed by atoms with Crippen molar-refractivity contribution in [3.05, 3.63) is 35.9 Å². The van der Waals surface area contributed by atoms with Gasteiger partial charge in [0.1, 0.15) is 5.82 Å². The van der Waals surface area contributed by atoms with E-state index in [1.165, 1.54) is 30.7 Å². The van der Waals surface area contributed by atoms with Crippen LogP contribution in [0, 0.1) is 18.8 Å². The summed E-state index contributed by atoms with van der Waals surface area (Å²) in [6.45, 7) is 6.96. The van der Waals surface area contributed by atoms with Crippen LogP contribution in [-0.2, 0) is 10.2 Å². The van der Waals surface area contributed by atoms with E-state index in [9.17, 15) is 17.2 Å². The molecule has 0 amide bonds. The van der Waals surface area contributed by atoms with Gasteiger partial charge in [0.05, 0.1) is 17.1 Å². The third-order valence-corrected chi connectivity index (χ3v) is 9.61. The Morgan fingerprint density at radius 1 is 1.03 bits per heavy atom. The Hall–Kier alpha value is -2.46. The second kappa shape index (κ2) is 8.03. The molecule has 0 N–H and O–H groups in total. The van der Waals surface area contributed by atoms with E-state index < -0.39 is 22.0 Å². The van der Waals surface area contributed by atoms with E-state index in [0.29, 0.717) is 11.4 Å². The van der Waals surface area contributed by atoms with E-state index in [4.69, 9.17) is 4.98 Å². The van der Waals surface area contributed by atoms with Crippen molar-refractivity contribution in [2.24, 2.45) is 11.8 Å². The molecule has 3 heterocycles. The number of anilines is 3. The summed E-state index contributed by atoms with van der Waals surface area (Å²) in [7, 11) is -2.40. The first-order valence-corrected chi connectivity index (χ1v) is 13.8. The highest BCUT2D eigenvalue weighted by atomic mass is 32.2. The minimum absolute atomic E-state index is 0.203. The van der Waals surface area contributed by atoms with Gasteiger partial charge in [-0.15, -0.1) is 0 Å². The number of rotatable bonds is 6. The molecule has 1 aromatic carbocycles. The molecule has 3 fully saturated rings. The number of fused-ring (bicyclic) bond motifs is 1. The van der Waals surface area contributed by atoms with E-state index >= 15 is 0 Å². The number of aromatic nitrogens is 1. The molecule has 188 valence electrons. The van der Waals surface area contributed by atoms with Crippen molar-refractivity contribution in [2.75, 3.05) is 59.8 Å². The standard InChI is InChI=1S/C25H31F2N5O2S/c1-17-3-8-23(31-11-9-30(10-12-31)15-18-4-5-18)28-24(17)19-6-7-21-22(13-19)29(2)35(33,34)32(21)16-20-14-25(20,26)27/h3,6-8,13,18,20H,4-5,9-12,14-16H2,1-2H3. The molecule has 2 saturated carbocycles. The summed E-state index contributed by atoms with van der Waals surface area (Å²) in [5, 5.41) is 0. The van der Waals surface area contributed by atoms with E-state index in [1.54, 1.807) is 6.07 Å². The van der Waals surface area contributed by atoms with Gasteiger partial charge in [0, 0.05) is 64.2 Å². The maximum absolute atomic E-state index is 13.5. The van der Waals surface area contributed by atoms with Gasteiger partial charge in [0.25, 0.3) is 5.92 Å². The van der Waals surface area contributed by atoms with Crippen molar-refractivity contribution in [2.45, 2.75) is 32.1 Å². The van der Waals surface area contributed by atoms with Gasteiger partial charge in [-0.25, -0.2) is 13.8 Å². The highest BCUT2D eigenvalue weighted by Crippen LogP contribution is 2.51. The Morgan fingerprint density at radius 2 is 1.74 bits per heavy atom. The normalized spacial score (nSPS) is 25.1. The average Bonchev–Trinajstić information content (AvgIpc) is 3.74. The summed E-state index contributed by atoms with van der Waals surface area (Å²) < 4.78 is 55.3. The Bertz CT molecular complexity index is 1260. The molecule has 6 rings (SSSR count). The van der Waals surface area contributed by atoms with Gasteiger partial charge in [0.15, 0.2) is 0 Å². The Balaban J connectivity index is 1.25. The van der Waals surface area contributed by atoms with Crippen molar-refractivity contribution >= 4 is 27.4 Å². The maximum atomic E-state index is 13.5. The van der Waals surface area contributed by atoms with Gasteiger partial charge in [-0.3, -0.25) is 13.5 Å². The fourth-order valence-electron chi connectivity index (χ4n) is 5.20.